The summed E-state index contributed by atoms with van der Waals surface area (Å²) in [6.07, 6.45) is 4.91. The molecule has 134 valence electrons. The Morgan fingerprint density at radius 2 is 2.08 bits per heavy atom. The van der Waals surface area contributed by atoms with Crippen molar-refractivity contribution in [1.82, 2.24) is 10.2 Å². The average molecular weight is 332 g/mol. The highest BCUT2D eigenvalue weighted by atomic mass is 16.5. The van der Waals surface area contributed by atoms with Gasteiger partial charge in [-0.2, -0.15) is 0 Å². The summed E-state index contributed by atoms with van der Waals surface area (Å²) in [7, 11) is 3.97. The monoisotopic (exact) mass is 331 g/mol. The van der Waals surface area contributed by atoms with E-state index in [9.17, 15) is 0 Å². The first kappa shape index (κ1) is 18.8. The molecule has 2 rings (SSSR count). The standard InChI is InChI=1S/C20H33N3O/c1-5-6-13-23(4)20(21-3)22-15-18-8-7-14-24-19(18)17-11-9-16(2)10-12-17/h9-12,18-19H,5-8,13-15H2,1-4H3,(H,21,22). The van der Waals surface area contributed by atoms with Crippen molar-refractivity contribution in [1.29, 1.82) is 0 Å². The second kappa shape index (κ2) is 9.67. The summed E-state index contributed by atoms with van der Waals surface area (Å²) >= 11 is 0. The van der Waals surface area contributed by atoms with Crippen molar-refractivity contribution in [2.24, 2.45) is 10.9 Å². The van der Waals surface area contributed by atoms with E-state index in [4.69, 9.17) is 4.74 Å². The van der Waals surface area contributed by atoms with Crippen molar-refractivity contribution in [3.63, 3.8) is 0 Å². The van der Waals surface area contributed by atoms with Crippen LogP contribution in [0.4, 0.5) is 0 Å². The molecule has 0 radical (unpaired) electrons. The van der Waals surface area contributed by atoms with Crippen LogP contribution in [0.1, 0.15) is 49.8 Å². The Morgan fingerprint density at radius 3 is 2.75 bits per heavy atom. The summed E-state index contributed by atoms with van der Waals surface area (Å²) in [5, 5.41) is 3.55. The van der Waals surface area contributed by atoms with Gasteiger partial charge in [0.2, 0.25) is 0 Å². The van der Waals surface area contributed by atoms with E-state index in [2.05, 4.69) is 60.4 Å². The molecule has 1 aliphatic rings. The van der Waals surface area contributed by atoms with Gasteiger partial charge in [-0.25, -0.2) is 0 Å². The molecule has 0 bridgehead atoms. The molecule has 1 N–H and O–H groups in total. The fourth-order valence-corrected chi connectivity index (χ4v) is 3.29. The Balaban J connectivity index is 1.96. The maximum atomic E-state index is 6.11. The Kier molecular flexibility index (Phi) is 7.57. The zero-order chi connectivity index (χ0) is 17.4. The van der Waals surface area contributed by atoms with Crippen LogP contribution >= 0.6 is 0 Å². The van der Waals surface area contributed by atoms with Crippen LogP contribution in [0.5, 0.6) is 0 Å². The van der Waals surface area contributed by atoms with Crippen LogP contribution < -0.4 is 5.32 Å². The highest BCUT2D eigenvalue weighted by molar-refractivity contribution is 5.79. The molecular formula is C20H33N3O. The molecule has 2 atom stereocenters. The van der Waals surface area contributed by atoms with Gasteiger partial charge in [-0.1, -0.05) is 43.2 Å². The van der Waals surface area contributed by atoms with E-state index in [1.165, 1.54) is 30.4 Å². The minimum Gasteiger partial charge on any atom is -0.373 e. The van der Waals surface area contributed by atoms with Gasteiger partial charge in [0.05, 0.1) is 6.10 Å². The number of hydrogen-bond donors (Lipinski definition) is 1. The number of unbranched alkanes of at least 4 members (excludes halogenated alkanes) is 1. The third-order valence-electron chi connectivity index (χ3n) is 4.79. The maximum Gasteiger partial charge on any atom is 0.193 e. The highest BCUT2D eigenvalue weighted by Gasteiger charge is 2.27. The van der Waals surface area contributed by atoms with Crippen molar-refractivity contribution in [3.8, 4) is 0 Å². The average Bonchev–Trinajstić information content (AvgIpc) is 2.61. The zero-order valence-corrected chi connectivity index (χ0v) is 15.7. The minimum absolute atomic E-state index is 0.186. The Morgan fingerprint density at radius 1 is 1.33 bits per heavy atom. The summed E-state index contributed by atoms with van der Waals surface area (Å²) in [5.74, 6) is 1.47. The number of ether oxygens (including phenoxy) is 1. The molecule has 0 spiro atoms. The second-order valence-electron chi connectivity index (χ2n) is 6.81. The third-order valence-corrected chi connectivity index (χ3v) is 4.79. The number of aliphatic imine (C=N–C) groups is 1. The molecule has 1 fully saturated rings. The Bertz CT molecular complexity index is 512. The molecule has 1 heterocycles. The van der Waals surface area contributed by atoms with Gasteiger partial charge < -0.3 is 15.0 Å². The molecule has 1 aromatic rings. The second-order valence-corrected chi connectivity index (χ2v) is 6.81. The van der Waals surface area contributed by atoms with Gasteiger partial charge in [-0.3, -0.25) is 4.99 Å². The smallest absolute Gasteiger partial charge is 0.193 e. The molecule has 1 aliphatic heterocycles. The molecule has 1 aromatic carbocycles. The molecule has 2 unspecified atom stereocenters. The SMILES string of the molecule is CCCCN(C)C(=NC)NCC1CCCOC1c1ccc(C)cc1. The van der Waals surface area contributed by atoms with Crippen LogP contribution in [0.3, 0.4) is 0 Å². The van der Waals surface area contributed by atoms with Crippen LogP contribution in [0, 0.1) is 12.8 Å². The zero-order valence-electron chi connectivity index (χ0n) is 15.7. The van der Waals surface area contributed by atoms with E-state index >= 15 is 0 Å². The fraction of sp³-hybridized carbons (Fsp3) is 0.650. The molecule has 24 heavy (non-hydrogen) atoms. The molecule has 4 nitrogen and oxygen atoms in total. The lowest BCUT2D eigenvalue weighted by molar-refractivity contribution is -0.0266. The lowest BCUT2D eigenvalue weighted by Gasteiger charge is -2.33. The number of nitrogens with zero attached hydrogens (tertiary/aromatic N) is 2. The summed E-state index contributed by atoms with van der Waals surface area (Å²) in [6.45, 7) is 7.15. The largest absolute Gasteiger partial charge is 0.373 e. The van der Waals surface area contributed by atoms with Gasteiger partial charge >= 0.3 is 0 Å². The number of hydrogen-bond acceptors (Lipinski definition) is 2. The van der Waals surface area contributed by atoms with Crippen molar-refractivity contribution in [2.75, 3.05) is 33.8 Å². The lowest BCUT2D eigenvalue weighted by Crippen LogP contribution is -2.43. The van der Waals surface area contributed by atoms with Gasteiger partial charge in [-0.15, -0.1) is 0 Å². The van der Waals surface area contributed by atoms with Gasteiger partial charge in [0, 0.05) is 39.7 Å². The molecule has 0 saturated carbocycles. The molecule has 4 heteroatoms. The Labute approximate surface area is 147 Å². The number of rotatable bonds is 6. The maximum absolute atomic E-state index is 6.11. The number of aryl methyl sites for hydroxylation is 1. The first-order valence-corrected chi connectivity index (χ1v) is 9.25. The summed E-state index contributed by atoms with van der Waals surface area (Å²) in [5.41, 5.74) is 2.59. The number of nitrogens with one attached hydrogen (secondary N) is 1. The van der Waals surface area contributed by atoms with Gasteiger partial charge in [-0.05, 0) is 31.7 Å². The molecule has 0 amide bonds. The van der Waals surface area contributed by atoms with Crippen LogP contribution in [-0.4, -0.2) is 44.7 Å². The van der Waals surface area contributed by atoms with E-state index in [0.29, 0.717) is 5.92 Å². The van der Waals surface area contributed by atoms with Crippen LogP contribution in [0.25, 0.3) is 0 Å². The summed E-state index contributed by atoms with van der Waals surface area (Å²) < 4.78 is 6.11. The van der Waals surface area contributed by atoms with Crippen molar-refractivity contribution in [3.05, 3.63) is 35.4 Å². The van der Waals surface area contributed by atoms with E-state index in [0.717, 1.165) is 32.1 Å². The van der Waals surface area contributed by atoms with E-state index < -0.39 is 0 Å². The number of guanidine groups is 1. The van der Waals surface area contributed by atoms with Crippen molar-refractivity contribution >= 4 is 5.96 Å². The fourth-order valence-electron chi connectivity index (χ4n) is 3.29. The first-order valence-electron chi connectivity index (χ1n) is 9.25. The number of benzene rings is 1. The summed E-state index contributed by atoms with van der Waals surface area (Å²) in [4.78, 5) is 6.64. The first-order chi connectivity index (χ1) is 11.7. The minimum atomic E-state index is 0.186. The van der Waals surface area contributed by atoms with Gasteiger partial charge in [0.15, 0.2) is 5.96 Å². The quantitative estimate of drug-likeness (QED) is 0.637. The lowest BCUT2D eigenvalue weighted by atomic mass is 9.89. The highest BCUT2D eigenvalue weighted by Crippen LogP contribution is 2.33. The molecule has 0 aromatic heterocycles. The van der Waals surface area contributed by atoms with Crippen LogP contribution in [0.15, 0.2) is 29.3 Å². The molecule has 0 aliphatic carbocycles. The normalized spacial score (nSPS) is 21.6. The van der Waals surface area contributed by atoms with Gasteiger partial charge in [0.25, 0.3) is 0 Å². The van der Waals surface area contributed by atoms with Crippen molar-refractivity contribution in [2.45, 2.75) is 45.6 Å². The molecular weight excluding hydrogens is 298 g/mol. The van der Waals surface area contributed by atoms with Crippen LogP contribution in [0.2, 0.25) is 0 Å². The van der Waals surface area contributed by atoms with E-state index in [-0.39, 0.29) is 6.10 Å². The van der Waals surface area contributed by atoms with Gasteiger partial charge in [0.1, 0.15) is 0 Å². The van der Waals surface area contributed by atoms with Crippen molar-refractivity contribution < 1.29 is 4.74 Å². The predicted octanol–water partition coefficient (Wildman–Crippen LogP) is 3.77. The Hall–Kier alpha value is -1.55. The van der Waals surface area contributed by atoms with E-state index in [1.807, 2.05) is 7.05 Å². The van der Waals surface area contributed by atoms with Crippen LogP contribution in [-0.2, 0) is 4.74 Å². The topological polar surface area (TPSA) is 36.9 Å². The third kappa shape index (κ3) is 5.23. The van der Waals surface area contributed by atoms with E-state index in [1.54, 1.807) is 0 Å². The molecule has 1 saturated heterocycles. The summed E-state index contributed by atoms with van der Waals surface area (Å²) in [6, 6.07) is 8.77. The predicted molar refractivity (Wildman–Crippen MR) is 101 cm³/mol.